The van der Waals surface area contributed by atoms with E-state index in [9.17, 15) is 0 Å². The van der Waals surface area contributed by atoms with Crippen molar-refractivity contribution >= 4 is 0 Å². The summed E-state index contributed by atoms with van der Waals surface area (Å²) >= 11 is 0. The van der Waals surface area contributed by atoms with E-state index in [2.05, 4.69) is 17.1 Å². The van der Waals surface area contributed by atoms with Crippen LogP contribution in [0.1, 0.15) is 19.8 Å². The Labute approximate surface area is 86.5 Å². The lowest BCUT2D eigenvalue weighted by atomic mass is 9.93. The van der Waals surface area contributed by atoms with Crippen molar-refractivity contribution < 1.29 is 5.11 Å². The van der Waals surface area contributed by atoms with Crippen LogP contribution in [-0.4, -0.2) is 48.8 Å². The highest BCUT2D eigenvalue weighted by Gasteiger charge is 2.42. The van der Waals surface area contributed by atoms with E-state index in [-0.39, 0.29) is 0 Å². The van der Waals surface area contributed by atoms with Gasteiger partial charge in [-0.05, 0) is 37.8 Å². The molecule has 3 unspecified atom stereocenters. The first-order valence-corrected chi connectivity index (χ1v) is 5.92. The number of likely N-dealkylation sites (tertiary alicyclic amines) is 1. The average molecular weight is 198 g/mol. The van der Waals surface area contributed by atoms with Crippen molar-refractivity contribution in [2.45, 2.75) is 25.8 Å². The van der Waals surface area contributed by atoms with Gasteiger partial charge >= 0.3 is 0 Å². The molecule has 3 nitrogen and oxygen atoms in total. The topological polar surface area (TPSA) is 35.5 Å². The third-order valence-electron chi connectivity index (χ3n) is 3.85. The molecule has 0 radical (unpaired) electrons. The smallest absolute Gasteiger partial charge is 0.0443 e. The summed E-state index contributed by atoms with van der Waals surface area (Å²) in [7, 11) is 0. The van der Waals surface area contributed by atoms with Gasteiger partial charge in [0, 0.05) is 25.7 Å². The molecule has 0 aromatic rings. The van der Waals surface area contributed by atoms with Crippen LogP contribution in [0, 0.1) is 11.8 Å². The molecule has 0 aromatic heterocycles. The van der Waals surface area contributed by atoms with Gasteiger partial charge in [0.25, 0.3) is 0 Å². The van der Waals surface area contributed by atoms with Crippen molar-refractivity contribution in [1.29, 1.82) is 0 Å². The molecule has 3 heteroatoms. The second-order valence-corrected chi connectivity index (χ2v) is 4.63. The lowest BCUT2D eigenvalue weighted by Gasteiger charge is -2.26. The van der Waals surface area contributed by atoms with E-state index in [0.29, 0.717) is 6.61 Å². The molecule has 0 amide bonds. The van der Waals surface area contributed by atoms with Gasteiger partial charge in [-0.3, -0.25) is 4.90 Å². The molecule has 0 aliphatic carbocycles. The summed E-state index contributed by atoms with van der Waals surface area (Å²) in [6.45, 7) is 7.37. The highest BCUT2D eigenvalue weighted by Crippen LogP contribution is 2.33. The Kier molecular flexibility index (Phi) is 3.42. The number of aliphatic hydroxyl groups is 1. The van der Waals surface area contributed by atoms with E-state index < -0.39 is 0 Å². The van der Waals surface area contributed by atoms with E-state index in [4.69, 9.17) is 5.11 Å². The standard InChI is InChI=1S/C11H22N2O/c1-2-11-10-7-12-6-9(10)8-13(11)4-3-5-14/h9-12,14H,2-8H2,1H3. The van der Waals surface area contributed by atoms with E-state index in [1.165, 1.54) is 26.1 Å². The number of hydrogen-bond donors (Lipinski definition) is 2. The van der Waals surface area contributed by atoms with Gasteiger partial charge in [0.2, 0.25) is 0 Å². The zero-order chi connectivity index (χ0) is 9.97. The minimum atomic E-state index is 0.334. The van der Waals surface area contributed by atoms with Crippen molar-refractivity contribution in [3.05, 3.63) is 0 Å². The summed E-state index contributed by atoms with van der Waals surface area (Å²) < 4.78 is 0. The third-order valence-corrected chi connectivity index (χ3v) is 3.85. The van der Waals surface area contributed by atoms with Crippen molar-refractivity contribution in [2.75, 3.05) is 32.8 Å². The van der Waals surface area contributed by atoms with Gasteiger partial charge in [-0.15, -0.1) is 0 Å². The predicted octanol–water partition coefficient (Wildman–Crippen LogP) is 0.299. The van der Waals surface area contributed by atoms with Gasteiger partial charge in [-0.25, -0.2) is 0 Å². The largest absolute Gasteiger partial charge is 0.396 e. The van der Waals surface area contributed by atoms with Crippen molar-refractivity contribution in [2.24, 2.45) is 11.8 Å². The number of rotatable bonds is 4. The highest BCUT2D eigenvalue weighted by atomic mass is 16.3. The maximum atomic E-state index is 8.85. The second kappa shape index (κ2) is 4.60. The van der Waals surface area contributed by atoms with Crippen molar-refractivity contribution in [3.63, 3.8) is 0 Å². The summed E-state index contributed by atoms with van der Waals surface area (Å²) in [5.41, 5.74) is 0. The van der Waals surface area contributed by atoms with Crippen LogP contribution in [0.3, 0.4) is 0 Å². The van der Waals surface area contributed by atoms with E-state index in [1.54, 1.807) is 0 Å². The van der Waals surface area contributed by atoms with Crippen LogP contribution in [-0.2, 0) is 0 Å². The molecule has 0 spiro atoms. The Balaban J connectivity index is 1.92. The first-order chi connectivity index (χ1) is 6.86. The third kappa shape index (κ3) is 1.81. The van der Waals surface area contributed by atoms with Gasteiger partial charge in [-0.1, -0.05) is 6.92 Å². The molecule has 2 saturated heterocycles. The molecule has 14 heavy (non-hydrogen) atoms. The zero-order valence-corrected chi connectivity index (χ0v) is 9.08. The predicted molar refractivity (Wildman–Crippen MR) is 57.2 cm³/mol. The lowest BCUT2D eigenvalue weighted by molar-refractivity contribution is 0.191. The molecule has 0 aromatic carbocycles. The van der Waals surface area contributed by atoms with Crippen LogP contribution in [0.2, 0.25) is 0 Å². The maximum absolute atomic E-state index is 8.85. The molecule has 0 saturated carbocycles. The van der Waals surface area contributed by atoms with Crippen LogP contribution in [0.15, 0.2) is 0 Å². The quantitative estimate of drug-likeness (QED) is 0.682. The molecule has 2 aliphatic heterocycles. The number of nitrogens with zero attached hydrogens (tertiary/aromatic N) is 1. The van der Waals surface area contributed by atoms with Gasteiger partial charge in [-0.2, -0.15) is 0 Å². The minimum absolute atomic E-state index is 0.334. The molecule has 3 atom stereocenters. The molecule has 2 fully saturated rings. The molecular weight excluding hydrogens is 176 g/mol. The number of aliphatic hydroxyl groups excluding tert-OH is 1. The Morgan fingerprint density at radius 3 is 3.00 bits per heavy atom. The number of fused-ring (bicyclic) bond motifs is 1. The van der Waals surface area contributed by atoms with Crippen LogP contribution in [0.4, 0.5) is 0 Å². The molecule has 82 valence electrons. The normalized spacial score (nSPS) is 37.7. The minimum Gasteiger partial charge on any atom is -0.396 e. The summed E-state index contributed by atoms with van der Waals surface area (Å²) in [6.07, 6.45) is 2.19. The van der Waals surface area contributed by atoms with Gasteiger partial charge in [0.05, 0.1) is 0 Å². The summed E-state index contributed by atoms with van der Waals surface area (Å²) in [5, 5.41) is 12.3. The first-order valence-electron chi connectivity index (χ1n) is 5.92. The number of nitrogens with one attached hydrogen (secondary N) is 1. The van der Waals surface area contributed by atoms with E-state index >= 15 is 0 Å². The van der Waals surface area contributed by atoms with Crippen LogP contribution in [0.25, 0.3) is 0 Å². The van der Waals surface area contributed by atoms with Crippen molar-refractivity contribution in [3.8, 4) is 0 Å². The molecular formula is C11H22N2O. The van der Waals surface area contributed by atoms with E-state index in [1.807, 2.05) is 0 Å². The van der Waals surface area contributed by atoms with E-state index in [0.717, 1.165) is 30.8 Å². The Morgan fingerprint density at radius 1 is 1.43 bits per heavy atom. The molecule has 2 rings (SSSR count). The maximum Gasteiger partial charge on any atom is 0.0443 e. The summed E-state index contributed by atoms with van der Waals surface area (Å²) in [6, 6.07) is 0.765. The fourth-order valence-electron chi connectivity index (χ4n) is 3.20. The fraction of sp³-hybridized carbons (Fsp3) is 1.00. The van der Waals surface area contributed by atoms with Crippen LogP contribution >= 0.6 is 0 Å². The highest BCUT2D eigenvalue weighted by molar-refractivity contribution is 4.97. The van der Waals surface area contributed by atoms with Gasteiger partial charge < -0.3 is 10.4 Å². The zero-order valence-electron chi connectivity index (χ0n) is 9.08. The SMILES string of the molecule is CCC1C2CNCC2CN1CCCO. The molecule has 2 N–H and O–H groups in total. The summed E-state index contributed by atoms with van der Waals surface area (Å²) in [4.78, 5) is 2.59. The van der Waals surface area contributed by atoms with Crippen molar-refractivity contribution in [1.82, 2.24) is 10.2 Å². The lowest BCUT2D eigenvalue weighted by Crippen LogP contribution is -2.36. The Morgan fingerprint density at radius 2 is 2.29 bits per heavy atom. The monoisotopic (exact) mass is 198 g/mol. The molecule has 0 bridgehead atoms. The Hall–Kier alpha value is -0.120. The number of hydrogen-bond acceptors (Lipinski definition) is 3. The van der Waals surface area contributed by atoms with Gasteiger partial charge in [0.1, 0.15) is 0 Å². The second-order valence-electron chi connectivity index (χ2n) is 4.63. The van der Waals surface area contributed by atoms with Crippen LogP contribution < -0.4 is 5.32 Å². The average Bonchev–Trinajstić information content (AvgIpc) is 2.73. The van der Waals surface area contributed by atoms with Crippen LogP contribution in [0.5, 0.6) is 0 Å². The fourth-order valence-corrected chi connectivity index (χ4v) is 3.20. The molecule has 2 heterocycles. The first kappa shape index (κ1) is 10.4. The summed E-state index contributed by atoms with van der Waals surface area (Å²) in [5.74, 6) is 1.75. The van der Waals surface area contributed by atoms with Gasteiger partial charge in [0.15, 0.2) is 0 Å². The Bertz CT molecular complexity index is 186. The molecule has 2 aliphatic rings.